The van der Waals surface area contributed by atoms with Crippen molar-refractivity contribution in [2.75, 3.05) is 6.61 Å². The molecule has 1 amide bonds. The van der Waals surface area contributed by atoms with Crippen molar-refractivity contribution in [1.29, 1.82) is 0 Å². The number of pyridine rings is 1. The average molecular weight is 469 g/mol. The van der Waals surface area contributed by atoms with Crippen LogP contribution in [0.15, 0.2) is 72.9 Å². The summed E-state index contributed by atoms with van der Waals surface area (Å²) in [5, 5.41) is 24.7. The predicted octanol–water partition coefficient (Wildman–Crippen LogP) is 5.24. The highest BCUT2D eigenvalue weighted by Gasteiger charge is 2.25. The van der Waals surface area contributed by atoms with E-state index in [-0.39, 0.29) is 23.1 Å². The molecule has 1 heterocycles. The number of carbonyl (C=O) groups excluding carboxylic acids is 1. The molecule has 0 spiro atoms. The Morgan fingerprint density at radius 1 is 0.969 bits per heavy atom. The van der Waals surface area contributed by atoms with Gasteiger partial charge in [0.1, 0.15) is 22.8 Å². The van der Waals surface area contributed by atoms with Gasteiger partial charge in [0, 0.05) is 22.2 Å². The first-order valence-electron chi connectivity index (χ1n) is 9.65. The van der Waals surface area contributed by atoms with Gasteiger partial charge in [-0.3, -0.25) is 9.78 Å². The summed E-state index contributed by atoms with van der Waals surface area (Å²) in [6.07, 6.45) is 1.54. The molecule has 0 fully saturated rings. The summed E-state index contributed by atoms with van der Waals surface area (Å²) in [5.74, 6) is -0.0654. The van der Waals surface area contributed by atoms with Crippen molar-refractivity contribution in [3.8, 4) is 17.2 Å². The number of carbonyl (C=O) groups is 1. The van der Waals surface area contributed by atoms with Gasteiger partial charge in [0.25, 0.3) is 5.91 Å². The van der Waals surface area contributed by atoms with E-state index < -0.39 is 11.9 Å². The fourth-order valence-electron chi connectivity index (χ4n) is 3.37. The van der Waals surface area contributed by atoms with Crippen LogP contribution in [0.3, 0.4) is 0 Å². The molecule has 8 heteroatoms. The number of aromatic nitrogens is 1. The van der Waals surface area contributed by atoms with Gasteiger partial charge in [-0.15, -0.1) is 0 Å². The third kappa shape index (κ3) is 4.56. The van der Waals surface area contributed by atoms with E-state index >= 15 is 0 Å². The molecule has 0 radical (unpaired) electrons. The second-order valence-electron chi connectivity index (χ2n) is 7.00. The molecule has 0 saturated carbocycles. The minimum Gasteiger partial charge on any atom is -0.508 e. The van der Waals surface area contributed by atoms with E-state index in [0.29, 0.717) is 32.8 Å². The van der Waals surface area contributed by atoms with Crippen molar-refractivity contribution < 1.29 is 19.7 Å². The molecule has 32 heavy (non-hydrogen) atoms. The van der Waals surface area contributed by atoms with Crippen LogP contribution < -0.4 is 10.1 Å². The van der Waals surface area contributed by atoms with Crippen LogP contribution in [-0.2, 0) is 4.79 Å². The van der Waals surface area contributed by atoms with Crippen molar-refractivity contribution in [2.24, 2.45) is 0 Å². The van der Waals surface area contributed by atoms with E-state index in [9.17, 15) is 15.0 Å². The molecule has 162 valence electrons. The summed E-state index contributed by atoms with van der Waals surface area (Å²) in [6.45, 7) is -0.253. The van der Waals surface area contributed by atoms with E-state index in [1.165, 1.54) is 18.3 Å². The second-order valence-corrected chi connectivity index (χ2v) is 7.82. The van der Waals surface area contributed by atoms with Gasteiger partial charge in [0.05, 0.1) is 11.1 Å². The molecule has 0 aliphatic rings. The minimum absolute atomic E-state index is 0.0290. The summed E-state index contributed by atoms with van der Waals surface area (Å²) >= 11 is 12.8. The Bertz CT molecular complexity index is 1280. The summed E-state index contributed by atoms with van der Waals surface area (Å²) in [4.78, 5) is 17.0. The smallest absolute Gasteiger partial charge is 0.258 e. The Hall–Kier alpha value is -3.48. The van der Waals surface area contributed by atoms with Gasteiger partial charge in [-0.25, -0.2) is 0 Å². The number of aromatic hydroxyl groups is 2. The monoisotopic (exact) mass is 468 g/mol. The normalized spacial score (nSPS) is 11.8. The maximum atomic E-state index is 12.8. The van der Waals surface area contributed by atoms with Gasteiger partial charge in [0.2, 0.25) is 0 Å². The van der Waals surface area contributed by atoms with E-state index in [1.807, 2.05) is 6.07 Å². The van der Waals surface area contributed by atoms with E-state index in [1.54, 1.807) is 48.5 Å². The van der Waals surface area contributed by atoms with Gasteiger partial charge in [-0.1, -0.05) is 47.5 Å². The Labute approximate surface area is 194 Å². The Balaban J connectivity index is 1.72. The zero-order chi connectivity index (χ0) is 22.7. The van der Waals surface area contributed by atoms with Gasteiger partial charge in [-0.05, 0) is 48.0 Å². The third-order valence-electron chi connectivity index (χ3n) is 4.87. The molecule has 1 aromatic heterocycles. The number of hydrogen-bond donors (Lipinski definition) is 3. The van der Waals surface area contributed by atoms with Crippen LogP contribution in [0.25, 0.3) is 10.9 Å². The number of phenols is 2. The van der Waals surface area contributed by atoms with Crippen LogP contribution in [0, 0.1) is 0 Å². The molecule has 6 nitrogen and oxygen atoms in total. The summed E-state index contributed by atoms with van der Waals surface area (Å²) in [5.41, 5.74) is 1.06. The first kappa shape index (κ1) is 21.7. The Morgan fingerprint density at radius 3 is 2.50 bits per heavy atom. The lowest BCUT2D eigenvalue weighted by molar-refractivity contribution is -0.123. The number of hydrogen-bond acceptors (Lipinski definition) is 5. The lowest BCUT2D eigenvalue weighted by atomic mass is 9.96. The number of nitrogens with zero attached hydrogens (tertiary/aromatic N) is 1. The number of phenolic OH excluding ortho intramolecular Hbond substituents is 2. The van der Waals surface area contributed by atoms with Gasteiger partial charge in [-0.2, -0.15) is 0 Å². The number of rotatable bonds is 6. The molecule has 0 unspecified atom stereocenters. The van der Waals surface area contributed by atoms with Crippen LogP contribution in [-0.4, -0.2) is 27.7 Å². The number of amides is 1. The van der Waals surface area contributed by atoms with Crippen LogP contribution in [0.2, 0.25) is 10.0 Å². The number of para-hydroxylation sites is 1. The fraction of sp³-hybridized carbons (Fsp3) is 0.0833. The SMILES string of the molecule is O=C(COc1ccccc1)N[C@H](c1ccc(O)cc1Cl)c1cc(Cl)c2cccnc2c1O. The number of halogens is 2. The van der Waals surface area contributed by atoms with Crippen molar-refractivity contribution in [3.05, 3.63) is 94.1 Å². The Kier molecular flexibility index (Phi) is 6.35. The largest absolute Gasteiger partial charge is 0.508 e. The lowest BCUT2D eigenvalue weighted by Crippen LogP contribution is -2.33. The second kappa shape index (κ2) is 9.34. The maximum absolute atomic E-state index is 12.8. The topological polar surface area (TPSA) is 91.7 Å². The van der Waals surface area contributed by atoms with E-state index in [4.69, 9.17) is 27.9 Å². The highest BCUT2D eigenvalue weighted by atomic mass is 35.5. The van der Waals surface area contributed by atoms with Crippen LogP contribution >= 0.6 is 23.2 Å². The molecule has 4 aromatic rings. The first-order valence-corrected chi connectivity index (χ1v) is 10.4. The summed E-state index contributed by atoms with van der Waals surface area (Å²) < 4.78 is 5.53. The molecule has 3 N–H and O–H groups in total. The molecule has 0 aliphatic heterocycles. The average Bonchev–Trinajstić information content (AvgIpc) is 2.80. The van der Waals surface area contributed by atoms with Crippen molar-refractivity contribution in [2.45, 2.75) is 6.04 Å². The van der Waals surface area contributed by atoms with Gasteiger partial charge < -0.3 is 20.3 Å². The number of ether oxygens (including phenoxy) is 1. The minimum atomic E-state index is -0.876. The van der Waals surface area contributed by atoms with Gasteiger partial charge >= 0.3 is 0 Å². The quantitative estimate of drug-likeness (QED) is 0.360. The van der Waals surface area contributed by atoms with Crippen molar-refractivity contribution in [3.63, 3.8) is 0 Å². The van der Waals surface area contributed by atoms with Crippen molar-refractivity contribution in [1.82, 2.24) is 10.3 Å². The summed E-state index contributed by atoms with van der Waals surface area (Å²) in [7, 11) is 0. The first-order chi connectivity index (χ1) is 15.4. The van der Waals surface area contributed by atoms with Crippen LogP contribution in [0.4, 0.5) is 0 Å². The number of nitrogens with one attached hydrogen (secondary N) is 1. The number of fused-ring (bicyclic) bond motifs is 1. The molecular formula is C24H18Cl2N2O4. The molecule has 0 aliphatic carbocycles. The molecule has 3 aromatic carbocycles. The van der Waals surface area contributed by atoms with E-state index in [0.717, 1.165) is 0 Å². The van der Waals surface area contributed by atoms with Crippen LogP contribution in [0.1, 0.15) is 17.2 Å². The maximum Gasteiger partial charge on any atom is 0.258 e. The molecular weight excluding hydrogens is 451 g/mol. The third-order valence-corrected chi connectivity index (χ3v) is 5.51. The van der Waals surface area contributed by atoms with Gasteiger partial charge in [0.15, 0.2) is 6.61 Å². The standard InChI is InChI=1S/C24H18Cl2N2O4/c25-19-11-14(29)8-9-17(19)22(28-21(30)13-32-15-5-2-1-3-6-15)18-12-20(26)16-7-4-10-27-23(16)24(18)31/h1-12,22,29,31H,13H2,(H,28,30)/t22-/m1/s1. The Morgan fingerprint density at radius 2 is 1.75 bits per heavy atom. The molecule has 4 rings (SSSR count). The molecule has 1 atom stereocenters. The van der Waals surface area contributed by atoms with E-state index in [2.05, 4.69) is 10.3 Å². The fourth-order valence-corrected chi connectivity index (χ4v) is 3.92. The highest BCUT2D eigenvalue weighted by molar-refractivity contribution is 6.35. The number of benzene rings is 3. The lowest BCUT2D eigenvalue weighted by Gasteiger charge is -2.23. The highest BCUT2D eigenvalue weighted by Crippen LogP contribution is 2.40. The predicted molar refractivity (Wildman–Crippen MR) is 123 cm³/mol. The zero-order valence-corrected chi connectivity index (χ0v) is 18.1. The van der Waals surface area contributed by atoms with Crippen LogP contribution in [0.5, 0.6) is 17.2 Å². The zero-order valence-electron chi connectivity index (χ0n) is 16.6. The summed E-state index contributed by atoms with van der Waals surface area (Å²) in [6, 6.07) is 17.4. The van der Waals surface area contributed by atoms with Crippen molar-refractivity contribution >= 4 is 40.0 Å². The molecule has 0 bridgehead atoms. The molecule has 0 saturated heterocycles.